The number of hydrogen-bond acceptors (Lipinski definition) is 5. The largest absolute Gasteiger partial charge is 0.325 e. The Hall–Kier alpha value is -2.47. The first kappa shape index (κ1) is 11.6. The Labute approximate surface area is 110 Å². The zero-order chi connectivity index (χ0) is 13.2. The smallest absolute Gasteiger partial charge is 0.244 e. The number of aromatic nitrogens is 2. The van der Waals surface area contributed by atoms with Crippen LogP contribution in [0.2, 0.25) is 0 Å². The Morgan fingerprint density at radius 1 is 1.26 bits per heavy atom. The second-order valence-corrected chi connectivity index (χ2v) is 4.18. The maximum Gasteiger partial charge on any atom is 0.244 e. The number of nitrogens with zero attached hydrogens (tertiary/aromatic N) is 3. The first-order valence-electron chi connectivity index (χ1n) is 5.96. The highest BCUT2D eigenvalue weighted by molar-refractivity contribution is 6.02. The minimum Gasteiger partial charge on any atom is -0.325 e. The molecular formula is C13H13N5O. The van der Waals surface area contributed by atoms with Gasteiger partial charge in [0.25, 0.3) is 0 Å². The van der Waals surface area contributed by atoms with E-state index in [1.54, 1.807) is 12.4 Å². The van der Waals surface area contributed by atoms with E-state index in [2.05, 4.69) is 15.3 Å². The standard InChI is InChI=1S/C13H13N5O/c14-7-10-13(16-6-5-15-10)18-8-12(19)17-9-3-1-2-4-11(9)18/h1-6H,7-8,14H2,(H,17,19). The van der Waals surface area contributed by atoms with Crippen LogP contribution >= 0.6 is 0 Å². The van der Waals surface area contributed by atoms with Crippen LogP contribution < -0.4 is 16.0 Å². The van der Waals surface area contributed by atoms with Crippen molar-refractivity contribution in [2.45, 2.75) is 6.54 Å². The van der Waals surface area contributed by atoms with E-state index >= 15 is 0 Å². The summed E-state index contributed by atoms with van der Waals surface area (Å²) in [5.41, 5.74) is 8.03. The number of amides is 1. The number of carbonyl (C=O) groups excluding carboxylic acids is 1. The Bertz CT molecular complexity index is 628. The first-order valence-corrected chi connectivity index (χ1v) is 5.96. The maximum atomic E-state index is 11.8. The Morgan fingerprint density at radius 3 is 2.89 bits per heavy atom. The molecule has 6 nitrogen and oxygen atoms in total. The normalized spacial score (nSPS) is 13.9. The average molecular weight is 255 g/mol. The van der Waals surface area contributed by atoms with E-state index in [0.29, 0.717) is 11.5 Å². The molecule has 96 valence electrons. The van der Waals surface area contributed by atoms with Gasteiger partial charge in [0, 0.05) is 18.9 Å². The van der Waals surface area contributed by atoms with Gasteiger partial charge in [-0.1, -0.05) is 12.1 Å². The van der Waals surface area contributed by atoms with Gasteiger partial charge < -0.3 is 16.0 Å². The minimum absolute atomic E-state index is 0.0766. The molecule has 1 aromatic heterocycles. The summed E-state index contributed by atoms with van der Waals surface area (Å²) in [6, 6.07) is 7.59. The molecule has 2 aromatic rings. The molecule has 1 amide bonds. The molecule has 19 heavy (non-hydrogen) atoms. The third-order valence-electron chi connectivity index (χ3n) is 2.97. The van der Waals surface area contributed by atoms with Gasteiger partial charge in [-0.2, -0.15) is 0 Å². The Kier molecular flexibility index (Phi) is 2.85. The monoisotopic (exact) mass is 255 g/mol. The molecule has 0 unspecified atom stereocenters. The lowest BCUT2D eigenvalue weighted by atomic mass is 10.2. The first-order chi connectivity index (χ1) is 9.29. The molecular weight excluding hydrogens is 242 g/mol. The number of nitrogens with two attached hydrogens (primary N) is 1. The van der Waals surface area contributed by atoms with Crippen LogP contribution in [-0.4, -0.2) is 22.4 Å². The van der Waals surface area contributed by atoms with Gasteiger partial charge in [0.1, 0.15) is 6.54 Å². The second-order valence-electron chi connectivity index (χ2n) is 4.18. The fraction of sp³-hybridized carbons (Fsp3) is 0.154. The molecule has 3 N–H and O–H groups in total. The van der Waals surface area contributed by atoms with Gasteiger partial charge in [-0.05, 0) is 12.1 Å². The van der Waals surface area contributed by atoms with E-state index in [4.69, 9.17) is 5.73 Å². The molecule has 0 aliphatic carbocycles. The zero-order valence-electron chi connectivity index (χ0n) is 10.2. The van der Waals surface area contributed by atoms with Crippen molar-refractivity contribution >= 4 is 23.1 Å². The molecule has 0 atom stereocenters. The summed E-state index contributed by atoms with van der Waals surface area (Å²) in [5, 5.41) is 2.84. The Balaban J connectivity index is 2.13. The molecule has 6 heteroatoms. The predicted octanol–water partition coefficient (Wildman–Crippen LogP) is 1.03. The third kappa shape index (κ3) is 2.02. The summed E-state index contributed by atoms with van der Waals surface area (Å²) in [5.74, 6) is 0.555. The molecule has 1 aromatic carbocycles. The van der Waals surface area contributed by atoms with Gasteiger partial charge in [0.15, 0.2) is 5.82 Å². The van der Waals surface area contributed by atoms with Gasteiger partial charge in [0.05, 0.1) is 17.1 Å². The van der Waals surface area contributed by atoms with Crippen LogP contribution in [0.3, 0.4) is 0 Å². The van der Waals surface area contributed by atoms with Crippen molar-refractivity contribution in [1.82, 2.24) is 9.97 Å². The summed E-state index contributed by atoms with van der Waals surface area (Å²) < 4.78 is 0. The third-order valence-corrected chi connectivity index (χ3v) is 2.97. The summed E-state index contributed by atoms with van der Waals surface area (Å²) >= 11 is 0. The molecule has 0 radical (unpaired) electrons. The number of nitrogens with one attached hydrogen (secondary N) is 1. The van der Waals surface area contributed by atoms with Crippen LogP contribution in [0.25, 0.3) is 0 Å². The van der Waals surface area contributed by atoms with Crippen molar-refractivity contribution in [3.8, 4) is 0 Å². The fourth-order valence-corrected chi connectivity index (χ4v) is 2.15. The second kappa shape index (κ2) is 4.66. The van der Waals surface area contributed by atoms with Crippen molar-refractivity contribution < 1.29 is 4.79 Å². The number of benzene rings is 1. The molecule has 2 heterocycles. The van der Waals surface area contributed by atoms with Gasteiger partial charge in [0.2, 0.25) is 5.91 Å². The zero-order valence-corrected chi connectivity index (χ0v) is 10.2. The van der Waals surface area contributed by atoms with Crippen LogP contribution in [0.15, 0.2) is 36.7 Å². The van der Waals surface area contributed by atoms with Crippen LogP contribution in [0.4, 0.5) is 17.2 Å². The molecule has 0 fully saturated rings. The summed E-state index contributed by atoms with van der Waals surface area (Å²) in [6.07, 6.45) is 3.20. The lowest BCUT2D eigenvalue weighted by molar-refractivity contribution is -0.115. The van der Waals surface area contributed by atoms with Crippen molar-refractivity contribution in [2.75, 3.05) is 16.8 Å². The maximum absolute atomic E-state index is 11.8. The van der Waals surface area contributed by atoms with E-state index in [9.17, 15) is 4.79 Å². The number of fused-ring (bicyclic) bond motifs is 1. The lowest BCUT2D eigenvalue weighted by Crippen LogP contribution is -2.36. The van der Waals surface area contributed by atoms with Gasteiger partial charge >= 0.3 is 0 Å². The number of anilines is 3. The quantitative estimate of drug-likeness (QED) is 0.837. The summed E-state index contributed by atoms with van der Waals surface area (Å²) in [6.45, 7) is 0.492. The highest BCUT2D eigenvalue weighted by atomic mass is 16.2. The summed E-state index contributed by atoms with van der Waals surface area (Å²) in [4.78, 5) is 22.1. The number of rotatable bonds is 2. The highest BCUT2D eigenvalue weighted by Gasteiger charge is 2.25. The topological polar surface area (TPSA) is 84.1 Å². The number of hydrogen-bond donors (Lipinski definition) is 2. The van der Waals surface area contributed by atoms with Crippen LogP contribution in [-0.2, 0) is 11.3 Å². The van der Waals surface area contributed by atoms with E-state index < -0.39 is 0 Å². The molecule has 0 bridgehead atoms. The molecule has 0 saturated carbocycles. The van der Waals surface area contributed by atoms with E-state index in [1.165, 1.54) is 0 Å². The van der Waals surface area contributed by atoms with Gasteiger partial charge in [-0.15, -0.1) is 0 Å². The highest BCUT2D eigenvalue weighted by Crippen LogP contribution is 2.34. The van der Waals surface area contributed by atoms with Crippen LogP contribution in [0.5, 0.6) is 0 Å². The predicted molar refractivity (Wildman–Crippen MR) is 72.0 cm³/mol. The van der Waals surface area contributed by atoms with Gasteiger partial charge in [-0.3, -0.25) is 9.78 Å². The average Bonchev–Trinajstić information content (AvgIpc) is 2.46. The van der Waals surface area contributed by atoms with E-state index in [-0.39, 0.29) is 19.0 Å². The number of para-hydroxylation sites is 2. The Morgan fingerprint density at radius 2 is 2.05 bits per heavy atom. The molecule has 0 spiro atoms. The van der Waals surface area contributed by atoms with Gasteiger partial charge in [-0.25, -0.2) is 4.98 Å². The minimum atomic E-state index is -0.0766. The molecule has 3 rings (SSSR count). The van der Waals surface area contributed by atoms with Crippen molar-refractivity contribution in [3.63, 3.8) is 0 Å². The summed E-state index contributed by atoms with van der Waals surface area (Å²) in [7, 11) is 0. The molecule has 1 aliphatic rings. The van der Waals surface area contributed by atoms with Crippen LogP contribution in [0.1, 0.15) is 5.69 Å². The molecule has 0 saturated heterocycles. The van der Waals surface area contributed by atoms with Crippen molar-refractivity contribution in [1.29, 1.82) is 0 Å². The number of carbonyl (C=O) groups is 1. The fourth-order valence-electron chi connectivity index (χ4n) is 2.15. The van der Waals surface area contributed by atoms with E-state index in [0.717, 1.165) is 11.4 Å². The SMILES string of the molecule is NCc1nccnc1N1CC(=O)Nc2ccccc21. The lowest BCUT2D eigenvalue weighted by Gasteiger charge is -2.30. The van der Waals surface area contributed by atoms with E-state index in [1.807, 2.05) is 29.2 Å². The molecule has 1 aliphatic heterocycles. The van der Waals surface area contributed by atoms with Crippen molar-refractivity contribution in [3.05, 3.63) is 42.4 Å². The van der Waals surface area contributed by atoms with Crippen molar-refractivity contribution in [2.24, 2.45) is 5.73 Å². The van der Waals surface area contributed by atoms with Crippen LogP contribution in [0, 0.1) is 0 Å².